The third-order valence-corrected chi connectivity index (χ3v) is 2.93. The average molecular weight is 298 g/mol. The summed E-state index contributed by atoms with van der Waals surface area (Å²) in [6, 6.07) is 10.4. The summed E-state index contributed by atoms with van der Waals surface area (Å²) in [5.74, 6) is -0.158. The van der Waals surface area contributed by atoms with Gasteiger partial charge in [0.1, 0.15) is 0 Å². The van der Waals surface area contributed by atoms with Gasteiger partial charge in [0.15, 0.2) is 0 Å². The second kappa shape index (κ2) is 7.78. The lowest BCUT2D eigenvalue weighted by Gasteiger charge is -2.08. The number of carbonyl (C=O) groups excluding carboxylic acids is 2. The lowest BCUT2D eigenvalue weighted by molar-refractivity contribution is 0.0954. The van der Waals surface area contributed by atoms with Crippen LogP contribution < -0.4 is 16.0 Å². The number of hydrogen-bond donors (Lipinski definition) is 3. The van der Waals surface area contributed by atoms with Crippen molar-refractivity contribution in [2.75, 3.05) is 18.4 Å². The van der Waals surface area contributed by atoms with Gasteiger partial charge in [-0.05, 0) is 31.2 Å². The standard InChI is InChI=1S/C16H18N4O2/c1-12-4-6-13(7-5-12)15(21)18-9-10-19-16(22)20-14-3-2-8-17-11-14/h2-8,11H,9-10H2,1H3,(H,18,21)(H2,19,20,22). The second-order valence-corrected chi connectivity index (χ2v) is 4.74. The molecular weight excluding hydrogens is 280 g/mol. The van der Waals surface area contributed by atoms with E-state index in [0.717, 1.165) is 5.56 Å². The predicted octanol–water partition coefficient (Wildman–Crippen LogP) is 1.94. The van der Waals surface area contributed by atoms with Gasteiger partial charge in [0.05, 0.1) is 11.9 Å². The molecule has 0 bridgehead atoms. The summed E-state index contributed by atoms with van der Waals surface area (Å²) in [4.78, 5) is 27.3. The number of pyridine rings is 1. The fourth-order valence-corrected chi connectivity index (χ4v) is 1.77. The molecule has 0 fully saturated rings. The van der Waals surface area contributed by atoms with E-state index < -0.39 is 0 Å². The molecule has 6 nitrogen and oxygen atoms in total. The van der Waals surface area contributed by atoms with Gasteiger partial charge in [-0.2, -0.15) is 0 Å². The molecule has 0 aliphatic rings. The number of aromatic nitrogens is 1. The zero-order valence-electron chi connectivity index (χ0n) is 12.3. The number of benzene rings is 1. The molecule has 0 saturated heterocycles. The van der Waals surface area contributed by atoms with Crippen LogP contribution in [0.5, 0.6) is 0 Å². The molecule has 114 valence electrons. The minimum Gasteiger partial charge on any atom is -0.350 e. The maximum absolute atomic E-state index is 11.8. The van der Waals surface area contributed by atoms with Crippen LogP contribution in [0.4, 0.5) is 10.5 Å². The highest BCUT2D eigenvalue weighted by atomic mass is 16.2. The summed E-state index contributed by atoms with van der Waals surface area (Å²) < 4.78 is 0. The van der Waals surface area contributed by atoms with Crippen molar-refractivity contribution < 1.29 is 9.59 Å². The van der Waals surface area contributed by atoms with Crippen molar-refractivity contribution in [3.63, 3.8) is 0 Å². The van der Waals surface area contributed by atoms with Crippen molar-refractivity contribution in [3.8, 4) is 0 Å². The first kappa shape index (κ1) is 15.5. The minimum atomic E-state index is -0.336. The average Bonchev–Trinajstić information content (AvgIpc) is 2.53. The van der Waals surface area contributed by atoms with Crippen LogP contribution in [0, 0.1) is 6.92 Å². The molecule has 0 radical (unpaired) electrons. The molecule has 0 unspecified atom stereocenters. The van der Waals surface area contributed by atoms with Crippen molar-refractivity contribution in [1.29, 1.82) is 0 Å². The van der Waals surface area contributed by atoms with E-state index in [4.69, 9.17) is 0 Å². The molecule has 0 aliphatic carbocycles. The Hall–Kier alpha value is -2.89. The van der Waals surface area contributed by atoms with Gasteiger partial charge in [0.25, 0.3) is 5.91 Å². The molecule has 0 spiro atoms. The predicted molar refractivity (Wildman–Crippen MR) is 84.8 cm³/mol. The van der Waals surface area contributed by atoms with Gasteiger partial charge in [-0.3, -0.25) is 9.78 Å². The highest BCUT2D eigenvalue weighted by Crippen LogP contribution is 2.03. The molecule has 3 N–H and O–H groups in total. The molecule has 2 rings (SSSR count). The quantitative estimate of drug-likeness (QED) is 0.738. The number of rotatable bonds is 5. The highest BCUT2D eigenvalue weighted by molar-refractivity contribution is 5.94. The molecule has 0 saturated carbocycles. The van der Waals surface area contributed by atoms with Crippen LogP contribution >= 0.6 is 0 Å². The third kappa shape index (κ3) is 4.90. The van der Waals surface area contributed by atoms with Gasteiger partial charge >= 0.3 is 6.03 Å². The lowest BCUT2D eigenvalue weighted by atomic mass is 10.1. The Kier molecular flexibility index (Phi) is 5.48. The van der Waals surface area contributed by atoms with Crippen LogP contribution in [-0.2, 0) is 0 Å². The zero-order chi connectivity index (χ0) is 15.8. The number of amides is 3. The molecule has 1 aromatic heterocycles. The maximum Gasteiger partial charge on any atom is 0.319 e. The van der Waals surface area contributed by atoms with Gasteiger partial charge in [0.2, 0.25) is 0 Å². The molecule has 1 heterocycles. The van der Waals surface area contributed by atoms with Crippen LogP contribution in [0.25, 0.3) is 0 Å². The first-order valence-corrected chi connectivity index (χ1v) is 6.95. The summed E-state index contributed by atoms with van der Waals surface area (Å²) in [5, 5.41) is 8.04. The summed E-state index contributed by atoms with van der Waals surface area (Å²) in [7, 11) is 0. The number of carbonyl (C=O) groups is 2. The van der Waals surface area contributed by atoms with E-state index in [1.54, 1.807) is 36.7 Å². The fourth-order valence-electron chi connectivity index (χ4n) is 1.77. The molecule has 1 aromatic carbocycles. The number of nitrogens with zero attached hydrogens (tertiary/aromatic N) is 1. The lowest BCUT2D eigenvalue weighted by Crippen LogP contribution is -2.36. The monoisotopic (exact) mass is 298 g/mol. The largest absolute Gasteiger partial charge is 0.350 e. The Morgan fingerprint density at radius 1 is 1.05 bits per heavy atom. The van der Waals surface area contributed by atoms with Gasteiger partial charge in [0, 0.05) is 24.8 Å². The van der Waals surface area contributed by atoms with E-state index in [9.17, 15) is 9.59 Å². The molecule has 0 atom stereocenters. The van der Waals surface area contributed by atoms with Crippen molar-refractivity contribution in [2.45, 2.75) is 6.92 Å². The van der Waals surface area contributed by atoms with E-state index in [0.29, 0.717) is 24.3 Å². The van der Waals surface area contributed by atoms with Gasteiger partial charge in [-0.25, -0.2) is 4.79 Å². The normalized spacial score (nSPS) is 9.86. The summed E-state index contributed by atoms with van der Waals surface area (Å²) in [6.07, 6.45) is 3.18. The van der Waals surface area contributed by atoms with Gasteiger partial charge in [-0.15, -0.1) is 0 Å². The van der Waals surface area contributed by atoms with Crippen LogP contribution in [0.2, 0.25) is 0 Å². The van der Waals surface area contributed by atoms with Crippen molar-refractivity contribution in [2.24, 2.45) is 0 Å². The smallest absolute Gasteiger partial charge is 0.319 e. The zero-order valence-corrected chi connectivity index (χ0v) is 12.3. The fraction of sp³-hybridized carbons (Fsp3) is 0.188. The van der Waals surface area contributed by atoms with Crippen LogP contribution in [-0.4, -0.2) is 30.0 Å². The van der Waals surface area contributed by atoms with Crippen molar-refractivity contribution in [3.05, 3.63) is 59.9 Å². The Morgan fingerprint density at radius 2 is 1.77 bits per heavy atom. The first-order valence-electron chi connectivity index (χ1n) is 6.95. The SMILES string of the molecule is Cc1ccc(C(=O)NCCNC(=O)Nc2cccnc2)cc1. The van der Waals surface area contributed by atoms with E-state index in [1.807, 2.05) is 19.1 Å². The Labute approximate surface area is 129 Å². The second-order valence-electron chi connectivity index (χ2n) is 4.74. The molecular formula is C16H18N4O2. The summed E-state index contributed by atoms with van der Waals surface area (Å²) in [5.41, 5.74) is 2.32. The molecule has 6 heteroatoms. The van der Waals surface area contributed by atoms with Crippen LogP contribution in [0.3, 0.4) is 0 Å². The Bertz CT molecular complexity index is 626. The van der Waals surface area contributed by atoms with E-state index in [-0.39, 0.29) is 11.9 Å². The van der Waals surface area contributed by atoms with Gasteiger partial charge in [-0.1, -0.05) is 17.7 Å². The van der Waals surface area contributed by atoms with E-state index in [1.165, 1.54) is 0 Å². The number of urea groups is 1. The summed E-state index contributed by atoms with van der Waals surface area (Å²) in [6.45, 7) is 2.66. The maximum atomic E-state index is 11.8. The number of aryl methyl sites for hydroxylation is 1. The number of nitrogens with one attached hydrogen (secondary N) is 3. The number of hydrogen-bond acceptors (Lipinski definition) is 3. The highest BCUT2D eigenvalue weighted by Gasteiger charge is 2.05. The van der Waals surface area contributed by atoms with Gasteiger partial charge < -0.3 is 16.0 Å². The van der Waals surface area contributed by atoms with E-state index >= 15 is 0 Å². The Morgan fingerprint density at radius 3 is 2.45 bits per heavy atom. The van der Waals surface area contributed by atoms with Crippen LogP contribution in [0.15, 0.2) is 48.8 Å². The molecule has 2 aromatic rings. The molecule has 22 heavy (non-hydrogen) atoms. The molecule has 3 amide bonds. The number of anilines is 1. The minimum absolute atomic E-state index is 0.158. The van der Waals surface area contributed by atoms with Crippen molar-refractivity contribution in [1.82, 2.24) is 15.6 Å². The summed E-state index contributed by atoms with van der Waals surface area (Å²) >= 11 is 0. The topological polar surface area (TPSA) is 83.1 Å². The Balaban J connectivity index is 1.67. The van der Waals surface area contributed by atoms with Crippen molar-refractivity contribution >= 4 is 17.6 Å². The van der Waals surface area contributed by atoms with E-state index in [2.05, 4.69) is 20.9 Å². The van der Waals surface area contributed by atoms with Crippen LogP contribution in [0.1, 0.15) is 15.9 Å². The first-order chi connectivity index (χ1) is 10.6. The third-order valence-electron chi connectivity index (χ3n) is 2.93. The molecule has 0 aliphatic heterocycles.